The number of aryl methyl sites for hydroxylation is 1. The Morgan fingerprint density at radius 1 is 1.16 bits per heavy atom. The Morgan fingerprint density at radius 2 is 1.92 bits per heavy atom. The number of amides is 1. The first kappa shape index (κ1) is 16.6. The number of hydrogen-bond acceptors (Lipinski definition) is 3. The smallest absolute Gasteiger partial charge is 0.340 e. The minimum atomic E-state index is -0.909. The number of nitrogens with zero attached hydrogens (tertiary/aromatic N) is 1. The lowest BCUT2D eigenvalue weighted by atomic mass is 10.2. The number of ether oxygens (including phenoxy) is 1. The first-order valence-electron chi connectivity index (χ1n) is 7.42. The van der Waals surface area contributed by atoms with E-state index in [0.717, 1.165) is 17.6 Å². The van der Waals surface area contributed by atoms with E-state index in [1.54, 1.807) is 29.9 Å². The molecule has 0 bridgehead atoms. The van der Waals surface area contributed by atoms with Crippen molar-refractivity contribution in [3.63, 3.8) is 0 Å². The van der Waals surface area contributed by atoms with Crippen LogP contribution in [0.5, 0.6) is 0 Å². The van der Waals surface area contributed by atoms with Gasteiger partial charge < -0.3 is 14.6 Å². The van der Waals surface area contributed by atoms with Gasteiger partial charge in [0.1, 0.15) is 11.6 Å². The number of hydrogen-bond donors (Lipinski definition) is 1. The van der Waals surface area contributed by atoms with Crippen LogP contribution in [0.3, 0.4) is 0 Å². The fraction of sp³-hybridized carbons (Fsp3) is 0.111. The van der Waals surface area contributed by atoms with Crippen LogP contribution in [0.2, 0.25) is 0 Å². The van der Waals surface area contributed by atoms with Gasteiger partial charge in [0.05, 0.1) is 11.3 Å². The summed E-state index contributed by atoms with van der Waals surface area (Å²) in [5.41, 5.74) is 0.999. The van der Waals surface area contributed by atoms with Crippen LogP contribution < -0.4 is 5.32 Å². The molecule has 1 N–H and O–H groups in total. The molecule has 25 heavy (non-hydrogen) atoms. The summed E-state index contributed by atoms with van der Waals surface area (Å²) in [4.78, 5) is 24.0. The average Bonchev–Trinajstić information content (AvgIpc) is 2.93. The van der Waals surface area contributed by atoms with Gasteiger partial charge in [-0.2, -0.15) is 0 Å². The van der Waals surface area contributed by atoms with E-state index in [1.165, 1.54) is 0 Å². The molecular weight excluding hydrogens is 330 g/mol. The van der Waals surface area contributed by atoms with Crippen molar-refractivity contribution in [1.29, 1.82) is 0 Å². The van der Waals surface area contributed by atoms with E-state index in [9.17, 15) is 18.4 Å². The predicted molar refractivity (Wildman–Crippen MR) is 88.2 cm³/mol. The number of rotatable bonds is 4. The Balaban J connectivity index is 1.66. The van der Waals surface area contributed by atoms with Crippen LogP contribution in [-0.2, 0) is 16.6 Å². The molecule has 0 saturated carbocycles. The first-order valence-corrected chi connectivity index (χ1v) is 7.42. The molecule has 2 aromatic carbocycles. The summed E-state index contributed by atoms with van der Waals surface area (Å²) >= 11 is 0. The summed E-state index contributed by atoms with van der Waals surface area (Å²) in [5, 5.41) is 2.93. The highest BCUT2D eigenvalue weighted by Crippen LogP contribution is 2.21. The van der Waals surface area contributed by atoms with Crippen molar-refractivity contribution in [3.05, 3.63) is 65.9 Å². The minimum Gasteiger partial charge on any atom is -0.452 e. The fourth-order valence-corrected chi connectivity index (χ4v) is 2.49. The number of fused-ring (bicyclic) bond motifs is 1. The molecular formula is C18H14F2N2O3. The van der Waals surface area contributed by atoms with E-state index in [0.29, 0.717) is 17.0 Å². The van der Waals surface area contributed by atoms with Crippen LogP contribution in [0.1, 0.15) is 10.4 Å². The number of carbonyl (C=O) groups is 2. The second-order valence-electron chi connectivity index (χ2n) is 5.42. The van der Waals surface area contributed by atoms with E-state index in [-0.39, 0.29) is 5.69 Å². The maximum Gasteiger partial charge on any atom is 0.340 e. The van der Waals surface area contributed by atoms with Crippen molar-refractivity contribution in [2.75, 3.05) is 11.9 Å². The van der Waals surface area contributed by atoms with Crippen LogP contribution in [0.4, 0.5) is 14.5 Å². The molecule has 1 heterocycles. The van der Waals surface area contributed by atoms with Crippen LogP contribution in [0.25, 0.3) is 10.9 Å². The molecule has 1 amide bonds. The Bertz CT molecular complexity index is 966. The lowest BCUT2D eigenvalue weighted by Crippen LogP contribution is -2.21. The summed E-state index contributed by atoms with van der Waals surface area (Å²) < 4.78 is 33.1. The third-order valence-corrected chi connectivity index (χ3v) is 3.66. The molecule has 128 valence electrons. The van der Waals surface area contributed by atoms with Gasteiger partial charge in [-0.1, -0.05) is 18.2 Å². The standard InChI is InChI=1S/C18H14F2N2O3/c1-22-9-13(12-4-2-3-5-16(12)22)18(24)25-10-17(23)21-15-7-6-11(19)8-14(15)20/h2-9H,10H2,1H3,(H,21,23). The summed E-state index contributed by atoms with van der Waals surface area (Å²) in [5.74, 6) is -3.04. The van der Waals surface area contributed by atoms with E-state index >= 15 is 0 Å². The second-order valence-corrected chi connectivity index (χ2v) is 5.42. The molecule has 0 aliphatic carbocycles. The highest BCUT2D eigenvalue weighted by molar-refractivity contribution is 6.05. The van der Waals surface area contributed by atoms with Crippen molar-refractivity contribution < 1.29 is 23.1 Å². The Labute approximate surface area is 141 Å². The fourth-order valence-electron chi connectivity index (χ4n) is 2.49. The van der Waals surface area contributed by atoms with Crippen molar-refractivity contribution in [2.45, 2.75) is 0 Å². The van der Waals surface area contributed by atoms with Gasteiger partial charge >= 0.3 is 5.97 Å². The molecule has 1 aromatic heterocycles. The number of carbonyl (C=O) groups excluding carboxylic acids is 2. The molecule has 3 rings (SSSR count). The van der Waals surface area contributed by atoms with Gasteiger partial charge in [0.2, 0.25) is 0 Å². The lowest BCUT2D eigenvalue weighted by molar-refractivity contribution is -0.119. The van der Waals surface area contributed by atoms with E-state index in [1.807, 2.05) is 12.1 Å². The summed E-state index contributed by atoms with van der Waals surface area (Å²) in [6.07, 6.45) is 1.62. The van der Waals surface area contributed by atoms with Crippen LogP contribution in [0, 0.1) is 11.6 Å². The van der Waals surface area contributed by atoms with Crippen molar-refractivity contribution in [2.24, 2.45) is 7.05 Å². The molecule has 0 aliphatic rings. The third kappa shape index (κ3) is 3.50. The molecule has 0 unspecified atom stereocenters. The van der Waals surface area contributed by atoms with Gasteiger partial charge in [-0.3, -0.25) is 4.79 Å². The highest BCUT2D eigenvalue weighted by Gasteiger charge is 2.17. The zero-order valence-corrected chi connectivity index (χ0v) is 13.3. The minimum absolute atomic E-state index is 0.187. The normalized spacial score (nSPS) is 10.7. The Kier molecular flexibility index (Phi) is 4.47. The molecule has 7 heteroatoms. The quantitative estimate of drug-likeness (QED) is 0.739. The summed E-state index contributed by atoms with van der Waals surface area (Å²) in [7, 11) is 1.79. The second kappa shape index (κ2) is 6.72. The summed E-state index contributed by atoms with van der Waals surface area (Å²) in [6, 6.07) is 10.0. The molecule has 0 fully saturated rings. The SMILES string of the molecule is Cn1cc(C(=O)OCC(=O)Nc2ccc(F)cc2F)c2ccccc21. The summed E-state index contributed by atoms with van der Waals surface area (Å²) in [6.45, 7) is -0.584. The van der Waals surface area contributed by atoms with E-state index in [4.69, 9.17) is 4.74 Å². The molecule has 0 saturated heterocycles. The Hall–Kier alpha value is -3.22. The van der Waals surface area contributed by atoms with Gasteiger partial charge in [0.25, 0.3) is 5.91 Å². The maximum atomic E-state index is 13.5. The predicted octanol–water partition coefficient (Wildman–Crippen LogP) is 3.25. The molecule has 3 aromatic rings. The maximum absolute atomic E-state index is 13.5. The largest absolute Gasteiger partial charge is 0.452 e. The van der Waals surface area contributed by atoms with E-state index < -0.39 is 30.1 Å². The first-order chi connectivity index (χ1) is 12.0. The molecule has 0 atom stereocenters. The monoisotopic (exact) mass is 344 g/mol. The molecule has 0 aliphatic heterocycles. The van der Waals surface area contributed by atoms with Gasteiger partial charge in [-0.15, -0.1) is 0 Å². The lowest BCUT2D eigenvalue weighted by Gasteiger charge is -2.07. The zero-order chi connectivity index (χ0) is 18.0. The average molecular weight is 344 g/mol. The Morgan fingerprint density at radius 3 is 2.68 bits per heavy atom. The number of halogens is 2. The van der Waals surface area contributed by atoms with Gasteiger partial charge in [-0.05, 0) is 18.2 Å². The van der Waals surface area contributed by atoms with Gasteiger partial charge in [-0.25, -0.2) is 13.6 Å². The number of para-hydroxylation sites is 1. The van der Waals surface area contributed by atoms with Crippen LogP contribution in [-0.4, -0.2) is 23.1 Å². The molecule has 0 radical (unpaired) electrons. The molecule has 5 nitrogen and oxygen atoms in total. The number of aromatic nitrogens is 1. The van der Waals surface area contributed by atoms with Crippen LogP contribution in [0.15, 0.2) is 48.7 Å². The van der Waals surface area contributed by atoms with Crippen molar-refractivity contribution in [3.8, 4) is 0 Å². The zero-order valence-electron chi connectivity index (χ0n) is 13.3. The number of esters is 1. The van der Waals surface area contributed by atoms with Crippen molar-refractivity contribution in [1.82, 2.24) is 4.57 Å². The topological polar surface area (TPSA) is 60.3 Å². The van der Waals surface area contributed by atoms with Crippen LogP contribution >= 0.6 is 0 Å². The number of benzene rings is 2. The number of nitrogens with one attached hydrogen (secondary N) is 1. The van der Waals surface area contributed by atoms with Gasteiger partial charge in [0.15, 0.2) is 6.61 Å². The molecule has 0 spiro atoms. The van der Waals surface area contributed by atoms with E-state index in [2.05, 4.69) is 5.32 Å². The third-order valence-electron chi connectivity index (χ3n) is 3.66. The highest BCUT2D eigenvalue weighted by atomic mass is 19.1. The van der Waals surface area contributed by atoms with Crippen molar-refractivity contribution >= 4 is 28.5 Å². The number of anilines is 1. The van der Waals surface area contributed by atoms with Gasteiger partial charge in [0, 0.05) is 30.2 Å².